The number of nitrogens with two attached hydrogens (primary N) is 1. The highest BCUT2D eigenvalue weighted by Crippen LogP contribution is 2.31. The van der Waals surface area contributed by atoms with Gasteiger partial charge >= 0.3 is 0 Å². The summed E-state index contributed by atoms with van der Waals surface area (Å²) in [5.74, 6) is -1.58. The molecule has 3 N–H and O–H groups in total. The number of carbonyl (C=O) groups excluding carboxylic acids is 4. The summed E-state index contributed by atoms with van der Waals surface area (Å²) >= 11 is 0. The number of anilines is 1. The molecule has 1 heterocycles. The van der Waals surface area contributed by atoms with Gasteiger partial charge in [0.1, 0.15) is 5.56 Å². The molecule has 0 fully saturated rings. The molecule has 0 spiro atoms. The smallest absolute Gasteiger partial charge is 0.290 e. The van der Waals surface area contributed by atoms with Gasteiger partial charge in [-0.05, 0) is 12.1 Å². The largest absolute Gasteiger partial charge is 0.365 e. The monoisotopic (exact) mass is 386 g/mol. The highest BCUT2D eigenvalue weighted by atomic mass is 16.2. The molecule has 1 aromatic heterocycles. The molecule has 7 heteroatoms. The molecule has 7 nitrogen and oxygen atoms in total. The summed E-state index contributed by atoms with van der Waals surface area (Å²) in [4.78, 5) is 49.6. The zero-order valence-corrected chi connectivity index (χ0v) is 15.2. The third-order valence-electron chi connectivity index (χ3n) is 4.70. The number of carbonyl (C=O) groups is 4. The number of hydrogen-bond donors (Lipinski definition) is 2. The second kappa shape index (κ2) is 7.12. The highest BCUT2D eigenvalue weighted by Gasteiger charge is 2.31. The lowest BCUT2D eigenvalue weighted by molar-refractivity contribution is -0.684. The van der Waals surface area contributed by atoms with Crippen LogP contribution in [-0.2, 0) is 11.3 Å². The number of aromatic nitrogens is 1. The Hall–Kier alpha value is -4.13. The standard InChI is InChI=1S/C22H15N3O4/c23-22(29)13-5-4-10-25(11-13)12-18(26)24-17-9-3-8-16-19(17)21(28)15-7-2-1-6-14(15)20(16)27/h1-11H,12H2,(H2-,23,24,26,28,29)/p+1. The number of primary amides is 1. The van der Waals surface area contributed by atoms with Crippen LogP contribution >= 0.6 is 0 Å². The Balaban J connectivity index is 1.63. The van der Waals surface area contributed by atoms with Crippen LogP contribution in [0.2, 0.25) is 0 Å². The first kappa shape index (κ1) is 18.2. The minimum atomic E-state index is -0.598. The Bertz CT molecular complexity index is 1200. The Labute approximate surface area is 165 Å². The second-order valence-corrected chi connectivity index (χ2v) is 6.61. The van der Waals surface area contributed by atoms with Gasteiger partial charge in [0.25, 0.3) is 11.8 Å². The van der Waals surface area contributed by atoms with Gasteiger partial charge in [-0.15, -0.1) is 0 Å². The van der Waals surface area contributed by atoms with Crippen LogP contribution in [0.3, 0.4) is 0 Å². The molecule has 0 atom stereocenters. The highest BCUT2D eigenvalue weighted by molar-refractivity contribution is 6.30. The molecule has 1 aliphatic carbocycles. The molecular weight excluding hydrogens is 370 g/mol. The number of amides is 2. The van der Waals surface area contributed by atoms with Crippen LogP contribution in [0.25, 0.3) is 0 Å². The summed E-state index contributed by atoms with van der Waals surface area (Å²) in [6.45, 7) is -0.0937. The van der Waals surface area contributed by atoms with Crippen LogP contribution in [0.5, 0.6) is 0 Å². The predicted molar refractivity (Wildman–Crippen MR) is 104 cm³/mol. The molecule has 0 bridgehead atoms. The average Bonchev–Trinajstić information content (AvgIpc) is 2.72. The molecule has 2 amide bonds. The number of nitrogens with zero attached hydrogens (tertiary/aromatic N) is 1. The lowest BCUT2D eigenvalue weighted by Crippen LogP contribution is -2.41. The van der Waals surface area contributed by atoms with Crippen molar-refractivity contribution in [1.82, 2.24) is 0 Å². The van der Waals surface area contributed by atoms with Crippen molar-refractivity contribution in [3.8, 4) is 0 Å². The fourth-order valence-electron chi connectivity index (χ4n) is 3.37. The maximum Gasteiger partial charge on any atom is 0.290 e. The van der Waals surface area contributed by atoms with Crippen molar-refractivity contribution >= 4 is 29.1 Å². The van der Waals surface area contributed by atoms with Gasteiger partial charge in [-0.2, -0.15) is 4.57 Å². The van der Waals surface area contributed by atoms with E-state index in [2.05, 4.69) is 5.32 Å². The summed E-state index contributed by atoms with van der Waals surface area (Å²) in [6.07, 6.45) is 3.09. The van der Waals surface area contributed by atoms with E-state index in [1.807, 2.05) is 0 Å². The number of fused-ring (bicyclic) bond motifs is 2. The van der Waals surface area contributed by atoms with Gasteiger partial charge in [0.2, 0.25) is 6.54 Å². The van der Waals surface area contributed by atoms with Gasteiger partial charge in [-0.25, -0.2) is 0 Å². The van der Waals surface area contributed by atoms with Gasteiger partial charge in [0, 0.05) is 22.8 Å². The molecule has 3 aromatic rings. The molecule has 142 valence electrons. The van der Waals surface area contributed by atoms with Crippen molar-refractivity contribution in [2.75, 3.05) is 5.32 Å². The van der Waals surface area contributed by atoms with E-state index < -0.39 is 11.8 Å². The molecule has 2 aromatic carbocycles. The third kappa shape index (κ3) is 3.29. The van der Waals surface area contributed by atoms with Gasteiger partial charge in [0.15, 0.2) is 24.0 Å². The van der Waals surface area contributed by atoms with E-state index in [9.17, 15) is 19.2 Å². The maximum absolute atomic E-state index is 13.0. The van der Waals surface area contributed by atoms with Crippen molar-refractivity contribution < 1.29 is 23.7 Å². The molecule has 0 saturated heterocycles. The Kier molecular flexibility index (Phi) is 4.48. The van der Waals surface area contributed by atoms with Crippen LogP contribution in [-0.4, -0.2) is 23.4 Å². The quantitative estimate of drug-likeness (QED) is 0.518. The molecule has 1 aliphatic rings. The lowest BCUT2D eigenvalue weighted by atomic mass is 9.83. The number of hydrogen-bond acceptors (Lipinski definition) is 4. The molecule has 0 unspecified atom stereocenters. The van der Waals surface area contributed by atoms with Crippen LogP contribution in [0, 0.1) is 0 Å². The number of rotatable bonds is 4. The summed E-state index contributed by atoms with van der Waals surface area (Å²) < 4.78 is 1.51. The molecule has 29 heavy (non-hydrogen) atoms. The first-order valence-electron chi connectivity index (χ1n) is 8.86. The first-order chi connectivity index (χ1) is 14.0. The van der Waals surface area contributed by atoms with E-state index in [1.54, 1.807) is 60.8 Å². The van der Waals surface area contributed by atoms with Gasteiger partial charge in [-0.1, -0.05) is 36.4 Å². The zero-order chi connectivity index (χ0) is 20.5. The van der Waals surface area contributed by atoms with Gasteiger partial charge < -0.3 is 11.1 Å². The summed E-state index contributed by atoms with van der Waals surface area (Å²) in [6, 6.07) is 14.6. The Morgan fingerprint density at radius 2 is 1.55 bits per heavy atom. The number of pyridine rings is 1. The third-order valence-corrected chi connectivity index (χ3v) is 4.70. The van der Waals surface area contributed by atoms with Crippen molar-refractivity contribution in [3.05, 3.63) is 94.8 Å². The summed E-state index contributed by atoms with van der Waals surface area (Å²) in [5, 5.41) is 2.70. The first-order valence-corrected chi connectivity index (χ1v) is 8.86. The molecule has 4 rings (SSSR count). The van der Waals surface area contributed by atoms with E-state index in [-0.39, 0.29) is 40.5 Å². The van der Waals surface area contributed by atoms with E-state index in [4.69, 9.17) is 5.73 Å². The van der Waals surface area contributed by atoms with E-state index in [0.29, 0.717) is 11.1 Å². The molecule has 0 saturated carbocycles. The Morgan fingerprint density at radius 3 is 2.28 bits per heavy atom. The van der Waals surface area contributed by atoms with Crippen molar-refractivity contribution in [2.24, 2.45) is 5.73 Å². The van der Waals surface area contributed by atoms with Gasteiger partial charge in [0.05, 0.1) is 11.3 Å². The van der Waals surface area contributed by atoms with Crippen LogP contribution in [0.15, 0.2) is 67.0 Å². The van der Waals surface area contributed by atoms with Crippen LogP contribution in [0.1, 0.15) is 42.2 Å². The summed E-state index contributed by atoms with van der Waals surface area (Å²) in [7, 11) is 0. The van der Waals surface area contributed by atoms with Crippen LogP contribution < -0.4 is 15.6 Å². The topological polar surface area (TPSA) is 110 Å². The van der Waals surface area contributed by atoms with Crippen molar-refractivity contribution in [3.63, 3.8) is 0 Å². The maximum atomic E-state index is 13.0. The van der Waals surface area contributed by atoms with Gasteiger partial charge in [-0.3, -0.25) is 19.2 Å². The van der Waals surface area contributed by atoms with E-state index in [1.165, 1.54) is 10.8 Å². The predicted octanol–water partition coefficient (Wildman–Crippen LogP) is 1.49. The Morgan fingerprint density at radius 1 is 0.862 bits per heavy atom. The average molecular weight is 386 g/mol. The fraction of sp³-hybridized carbons (Fsp3) is 0.0455. The zero-order valence-electron chi connectivity index (χ0n) is 15.2. The van der Waals surface area contributed by atoms with E-state index >= 15 is 0 Å². The normalized spacial score (nSPS) is 12.1. The van der Waals surface area contributed by atoms with E-state index in [0.717, 1.165) is 0 Å². The van der Waals surface area contributed by atoms with Crippen molar-refractivity contribution in [2.45, 2.75) is 6.54 Å². The second-order valence-electron chi connectivity index (χ2n) is 6.61. The van der Waals surface area contributed by atoms with Crippen LogP contribution in [0.4, 0.5) is 5.69 Å². The number of benzene rings is 2. The SMILES string of the molecule is NC(=O)c1ccc[n+](CC(=O)Nc2cccc3c2C(=O)c2ccccc2C3=O)c1. The fourth-order valence-corrected chi connectivity index (χ4v) is 3.37. The molecular formula is C22H16N3O4+. The minimum absolute atomic E-state index is 0.0937. The lowest BCUT2D eigenvalue weighted by Gasteiger charge is -2.20. The van der Waals surface area contributed by atoms with Crippen molar-refractivity contribution in [1.29, 1.82) is 0 Å². The number of nitrogens with one attached hydrogen (secondary N) is 1. The molecule has 0 aliphatic heterocycles. The molecule has 0 radical (unpaired) electrons. The summed E-state index contributed by atoms with van der Waals surface area (Å²) in [5.41, 5.74) is 6.91. The minimum Gasteiger partial charge on any atom is -0.365 e. The number of ketones is 2.